The molecule has 2 aromatic rings. The number of amides is 1. The zero-order chi connectivity index (χ0) is 15.1. The van der Waals surface area contributed by atoms with Gasteiger partial charge in [0.1, 0.15) is 5.75 Å². The van der Waals surface area contributed by atoms with Gasteiger partial charge in [-0.05, 0) is 28.0 Å². The SMILES string of the molecule is COc1ccc(CNCCNC(=O)c2nonc2N)cc1.[Cl-]. The van der Waals surface area contributed by atoms with Crippen molar-refractivity contribution in [3.05, 3.63) is 35.5 Å². The highest BCUT2D eigenvalue weighted by molar-refractivity contribution is 5.95. The largest absolute Gasteiger partial charge is 1.00 e. The lowest BCUT2D eigenvalue weighted by Crippen LogP contribution is -3.00. The summed E-state index contributed by atoms with van der Waals surface area (Å²) in [4.78, 5) is 11.6. The van der Waals surface area contributed by atoms with Crippen molar-refractivity contribution < 1.29 is 26.6 Å². The van der Waals surface area contributed by atoms with Gasteiger partial charge in [-0.1, -0.05) is 12.1 Å². The zero-order valence-electron chi connectivity index (χ0n) is 12.0. The number of halogens is 1. The predicted octanol–water partition coefficient (Wildman–Crippen LogP) is -2.82. The van der Waals surface area contributed by atoms with Gasteiger partial charge in [0.05, 0.1) is 7.11 Å². The van der Waals surface area contributed by atoms with Crippen LogP contribution in [0.15, 0.2) is 28.9 Å². The van der Waals surface area contributed by atoms with Crippen molar-refractivity contribution in [1.29, 1.82) is 0 Å². The van der Waals surface area contributed by atoms with Gasteiger partial charge in [0.2, 0.25) is 11.5 Å². The van der Waals surface area contributed by atoms with Crippen LogP contribution in [0.25, 0.3) is 0 Å². The zero-order valence-corrected chi connectivity index (χ0v) is 12.8. The monoisotopic (exact) mass is 326 g/mol. The van der Waals surface area contributed by atoms with E-state index in [1.807, 2.05) is 24.3 Å². The van der Waals surface area contributed by atoms with Crippen LogP contribution in [-0.4, -0.2) is 36.4 Å². The van der Waals surface area contributed by atoms with Gasteiger partial charge in [0.25, 0.3) is 5.91 Å². The molecule has 120 valence electrons. The maximum Gasteiger partial charge on any atom is 0.277 e. The van der Waals surface area contributed by atoms with Crippen molar-refractivity contribution in [2.75, 3.05) is 25.9 Å². The van der Waals surface area contributed by atoms with Crippen molar-refractivity contribution in [3.63, 3.8) is 0 Å². The van der Waals surface area contributed by atoms with E-state index in [1.54, 1.807) is 7.11 Å². The molecular formula is C13H17ClN5O3-. The minimum absolute atomic E-state index is 0. The molecule has 0 bridgehead atoms. The van der Waals surface area contributed by atoms with Gasteiger partial charge in [-0.2, -0.15) is 0 Å². The number of rotatable bonds is 7. The van der Waals surface area contributed by atoms with Crippen molar-refractivity contribution in [1.82, 2.24) is 20.9 Å². The molecule has 0 spiro atoms. The van der Waals surface area contributed by atoms with E-state index in [4.69, 9.17) is 10.5 Å². The number of methoxy groups -OCH3 is 1. The molecular weight excluding hydrogens is 310 g/mol. The van der Waals surface area contributed by atoms with Crippen LogP contribution < -0.4 is 33.5 Å². The van der Waals surface area contributed by atoms with Gasteiger partial charge >= 0.3 is 0 Å². The van der Waals surface area contributed by atoms with Crippen LogP contribution in [0.3, 0.4) is 0 Å². The lowest BCUT2D eigenvalue weighted by Gasteiger charge is -2.06. The molecule has 1 amide bonds. The molecule has 22 heavy (non-hydrogen) atoms. The summed E-state index contributed by atoms with van der Waals surface area (Å²) < 4.78 is 9.45. The number of hydrogen-bond acceptors (Lipinski definition) is 7. The summed E-state index contributed by atoms with van der Waals surface area (Å²) in [5.41, 5.74) is 6.55. The molecule has 9 heteroatoms. The minimum Gasteiger partial charge on any atom is -1.00 e. The second-order valence-corrected chi connectivity index (χ2v) is 4.28. The number of nitrogens with one attached hydrogen (secondary N) is 2. The van der Waals surface area contributed by atoms with Gasteiger partial charge in [-0.25, -0.2) is 4.63 Å². The summed E-state index contributed by atoms with van der Waals surface area (Å²) in [6.45, 7) is 1.76. The van der Waals surface area contributed by atoms with Gasteiger partial charge in [0.15, 0.2) is 0 Å². The Morgan fingerprint density at radius 3 is 2.59 bits per heavy atom. The molecule has 1 aromatic carbocycles. The van der Waals surface area contributed by atoms with E-state index in [-0.39, 0.29) is 23.9 Å². The molecule has 1 heterocycles. The van der Waals surface area contributed by atoms with Gasteiger partial charge in [-0.3, -0.25) is 4.79 Å². The fourth-order valence-corrected chi connectivity index (χ4v) is 1.68. The molecule has 0 unspecified atom stereocenters. The van der Waals surface area contributed by atoms with Crippen molar-refractivity contribution >= 4 is 11.7 Å². The fourth-order valence-electron chi connectivity index (χ4n) is 1.68. The van der Waals surface area contributed by atoms with Gasteiger partial charge < -0.3 is 33.5 Å². The lowest BCUT2D eigenvalue weighted by molar-refractivity contribution is -0.0000136. The smallest absolute Gasteiger partial charge is 0.277 e. The van der Waals surface area contributed by atoms with E-state index in [1.165, 1.54) is 0 Å². The highest BCUT2D eigenvalue weighted by atomic mass is 35.5. The van der Waals surface area contributed by atoms with Gasteiger partial charge in [-0.15, -0.1) is 0 Å². The number of nitrogens with zero attached hydrogens (tertiary/aromatic N) is 2. The Morgan fingerprint density at radius 2 is 2.00 bits per heavy atom. The Morgan fingerprint density at radius 1 is 1.27 bits per heavy atom. The summed E-state index contributed by atoms with van der Waals surface area (Å²) in [6, 6.07) is 7.76. The first kappa shape index (κ1) is 17.7. The first-order chi connectivity index (χ1) is 10.2. The molecule has 2 rings (SSSR count). The topological polar surface area (TPSA) is 115 Å². The molecule has 0 saturated heterocycles. The molecule has 0 atom stereocenters. The number of ether oxygens (including phenoxy) is 1. The molecule has 0 saturated carbocycles. The van der Waals surface area contributed by atoms with Crippen LogP contribution in [0.5, 0.6) is 5.75 Å². The van der Waals surface area contributed by atoms with E-state index in [0.29, 0.717) is 19.6 Å². The number of carbonyl (C=O) groups excluding carboxylic acids is 1. The maximum absolute atomic E-state index is 11.6. The third-order valence-electron chi connectivity index (χ3n) is 2.80. The van der Waals surface area contributed by atoms with E-state index < -0.39 is 5.91 Å². The van der Waals surface area contributed by atoms with E-state index in [2.05, 4.69) is 25.6 Å². The number of anilines is 1. The minimum atomic E-state index is -0.403. The first-order valence-electron chi connectivity index (χ1n) is 6.40. The predicted molar refractivity (Wildman–Crippen MR) is 75.7 cm³/mol. The number of benzene rings is 1. The highest BCUT2D eigenvalue weighted by Crippen LogP contribution is 2.10. The van der Waals surface area contributed by atoms with E-state index >= 15 is 0 Å². The molecule has 4 N–H and O–H groups in total. The van der Waals surface area contributed by atoms with Crippen molar-refractivity contribution in [2.24, 2.45) is 0 Å². The van der Waals surface area contributed by atoms with Crippen molar-refractivity contribution in [2.45, 2.75) is 6.54 Å². The molecule has 0 fully saturated rings. The maximum atomic E-state index is 11.6. The molecule has 0 radical (unpaired) electrons. The van der Waals surface area contributed by atoms with Crippen LogP contribution in [-0.2, 0) is 6.54 Å². The molecule has 1 aromatic heterocycles. The second-order valence-electron chi connectivity index (χ2n) is 4.28. The summed E-state index contributed by atoms with van der Waals surface area (Å²) in [5, 5.41) is 12.6. The average Bonchev–Trinajstić information content (AvgIpc) is 2.93. The Hall–Kier alpha value is -2.32. The van der Waals surface area contributed by atoms with E-state index in [0.717, 1.165) is 11.3 Å². The second kappa shape index (κ2) is 8.85. The van der Waals surface area contributed by atoms with Crippen molar-refractivity contribution in [3.8, 4) is 5.75 Å². The highest BCUT2D eigenvalue weighted by Gasteiger charge is 2.14. The standard InChI is InChI=1S/C13H17N5O3.ClH/c1-20-10-4-2-9(3-5-10)8-15-6-7-16-13(19)11-12(14)18-21-17-11;/h2-5,15H,6-8H2,1H3,(H2,14,18)(H,16,19);1H/p-1. The first-order valence-corrected chi connectivity index (χ1v) is 6.40. The average molecular weight is 327 g/mol. The number of carbonyl (C=O) groups is 1. The Balaban J connectivity index is 0.00000242. The van der Waals surface area contributed by atoms with Crippen LogP contribution in [0.4, 0.5) is 5.82 Å². The van der Waals surface area contributed by atoms with Gasteiger partial charge in [0, 0.05) is 19.6 Å². The summed E-state index contributed by atoms with van der Waals surface area (Å²) in [6.07, 6.45) is 0. The Kier molecular flexibility index (Phi) is 7.14. The normalized spacial score (nSPS) is 9.86. The Bertz CT molecular complexity index is 588. The molecule has 0 aliphatic heterocycles. The summed E-state index contributed by atoms with van der Waals surface area (Å²) >= 11 is 0. The summed E-state index contributed by atoms with van der Waals surface area (Å²) in [7, 11) is 1.63. The lowest BCUT2D eigenvalue weighted by atomic mass is 10.2. The van der Waals surface area contributed by atoms with Crippen LogP contribution >= 0.6 is 0 Å². The summed E-state index contributed by atoms with van der Waals surface area (Å²) in [5.74, 6) is 0.406. The third-order valence-corrected chi connectivity index (χ3v) is 2.80. The molecule has 8 nitrogen and oxygen atoms in total. The van der Waals surface area contributed by atoms with E-state index in [9.17, 15) is 4.79 Å². The van der Waals surface area contributed by atoms with Crippen LogP contribution in [0.1, 0.15) is 16.1 Å². The fraction of sp³-hybridized carbons (Fsp3) is 0.308. The van der Waals surface area contributed by atoms with Crippen LogP contribution in [0, 0.1) is 0 Å². The number of nitrogen functional groups attached to an aromatic ring is 1. The Labute approximate surface area is 133 Å². The molecule has 0 aliphatic rings. The quantitative estimate of drug-likeness (QED) is 0.470. The third kappa shape index (κ3) is 4.90. The number of nitrogens with two attached hydrogens (primary N) is 1. The van der Waals surface area contributed by atoms with Crippen LogP contribution in [0.2, 0.25) is 0 Å². The number of hydrogen-bond donors (Lipinski definition) is 3. The number of aromatic nitrogens is 2. The molecule has 0 aliphatic carbocycles.